The molecule has 211 valence electrons. The summed E-state index contributed by atoms with van der Waals surface area (Å²) in [5, 5.41) is 4.41. The molecule has 0 fully saturated rings. The zero-order chi connectivity index (χ0) is 28.3. The summed E-state index contributed by atoms with van der Waals surface area (Å²) in [6.07, 6.45) is 4.74. The van der Waals surface area contributed by atoms with Crippen LogP contribution in [0.25, 0.3) is 55.4 Å². The number of hydrogen-bond donors (Lipinski definition) is 0. The van der Waals surface area contributed by atoms with Gasteiger partial charge in [0.05, 0.1) is 5.58 Å². The molecule has 0 aliphatic rings. The predicted octanol–water partition coefficient (Wildman–Crippen LogP) is 9.36. The maximum absolute atomic E-state index is 6.22. The number of pyridine rings is 3. The van der Waals surface area contributed by atoms with Crippen LogP contribution in [0.2, 0.25) is 0 Å². The van der Waals surface area contributed by atoms with Crippen molar-refractivity contribution in [3.8, 4) is 22.5 Å². The van der Waals surface area contributed by atoms with E-state index in [-0.39, 0.29) is 20.1 Å². The molecule has 0 spiro atoms. The van der Waals surface area contributed by atoms with Crippen LogP contribution in [0.1, 0.15) is 30.7 Å². The Bertz CT molecular complexity index is 1930. The molecule has 0 amide bonds. The first-order chi connectivity index (χ1) is 20.0. The van der Waals surface area contributed by atoms with E-state index >= 15 is 0 Å². The van der Waals surface area contributed by atoms with Gasteiger partial charge in [-0.05, 0) is 71.3 Å². The molecule has 0 aliphatic heterocycles. The molecule has 0 saturated heterocycles. The van der Waals surface area contributed by atoms with Crippen molar-refractivity contribution in [1.82, 2.24) is 15.0 Å². The number of aromatic nitrogens is 3. The fourth-order valence-corrected chi connectivity index (χ4v) is 5.19. The van der Waals surface area contributed by atoms with Gasteiger partial charge < -0.3 is 14.4 Å². The first-order valence-electron chi connectivity index (χ1n) is 13.9. The monoisotopic (exact) mass is 726 g/mol. The predicted molar refractivity (Wildman–Crippen MR) is 168 cm³/mol. The van der Waals surface area contributed by atoms with Crippen LogP contribution in [0.3, 0.4) is 0 Å². The molecule has 0 bridgehead atoms. The quantitative estimate of drug-likeness (QED) is 0.170. The van der Waals surface area contributed by atoms with Crippen LogP contribution >= 0.6 is 0 Å². The molecule has 4 aromatic heterocycles. The van der Waals surface area contributed by atoms with Crippen LogP contribution in [0, 0.1) is 31.9 Å². The number of fused-ring (bicyclic) bond motifs is 4. The van der Waals surface area contributed by atoms with Crippen molar-refractivity contribution in [3.63, 3.8) is 0 Å². The summed E-state index contributed by atoms with van der Waals surface area (Å²) < 4.78 is 6.22. The number of rotatable bonds is 4. The number of hydrogen-bond acceptors (Lipinski definition) is 4. The molecule has 0 atom stereocenters. The van der Waals surface area contributed by atoms with E-state index < -0.39 is 0 Å². The standard InChI is InChI=1S/C26H23N2O.C11H8N.Ir/c1-15(2)11-18-6-8-20-19(14-18)9-10-27-24(20)23-13-16(3)12-22-21-7-5-17(4)28-26(21)29-25(22)23;1-2-6-10(7-3-1)11-8-4-5-9-12-11;/h5-10,12,14-15H,11H2,1-4H3;1-6,8-9H;/q2*-1;. The molecular weight excluding hydrogens is 695 g/mol. The van der Waals surface area contributed by atoms with Crippen molar-refractivity contribution in [1.29, 1.82) is 0 Å². The average Bonchev–Trinajstić information content (AvgIpc) is 3.34. The van der Waals surface area contributed by atoms with E-state index in [1.807, 2.05) is 61.7 Å². The topological polar surface area (TPSA) is 51.8 Å². The van der Waals surface area contributed by atoms with Crippen LogP contribution in [-0.4, -0.2) is 15.0 Å². The van der Waals surface area contributed by atoms with Gasteiger partial charge in [0, 0.05) is 43.6 Å². The van der Waals surface area contributed by atoms with Crippen LogP contribution in [0.5, 0.6) is 0 Å². The Hall–Kier alpha value is -4.18. The number of aryl methyl sites for hydroxylation is 2. The molecule has 7 rings (SSSR count). The Morgan fingerprint density at radius 2 is 1.64 bits per heavy atom. The molecule has 42 heavy (non-hydrogen) atoms. The molecule has 4 nitrogen and oxygen atoms in total. The van der Waals surface area contributed by atoms with E-state index in [0.717, 1.165) is 61.9 Å². The molecule has 5 heteroatoms. The Balaban J connectivity index is 0.000000228. The smallest absolute Gasteiger partial charge is 0.216 e. The normalized spacial score (nSPS) is 11.0. The molecule has 4 heterocycles. The SMILES string of the molecule is Cc1[c-]c(-c2nccc3cc(CC(C)C)ccc23)c2oc3nc(C)ccc3c2c1.[Ir].[c-]1ccccc1-c1ccccn1. The van der Waals surface area contributed by atoms with Crippen LogP contribution < -0.4 is 0 Å². The fraction of sp³-hybridized carbons (Fsp3) is 0.162. The van der Waals surface area contributed by atoms with Crippen molar-refractivity contribution < 1.29 is 24.5 Å². The molecule has 7 aromatic rings. The number of furan rings is 1. The van der Waals surface area contributed by atoms with Crippen molar-refractivity contribution in [2.75, 3.05) is 0 Å². The van der Waals surface area contributed by atoms with E-state index in [1.165, 1.54) is 10.9 Å². The van der Waals surface area contributed by atoms with E-state index in [4.69, 9.17) is 9.40 Å². The summed E-state index contributed by atoms with van der Waals surface area (Å²) in [6.45, 7) is 8.54. The minimum absolute atomic E-state index is 0. The summed E-state index contributed by atoms with van der Waals surface area (Å²) in [4.78, 5) is 13.5. The molecular formula is C37H31IrN3O-2. The minimum atomic E-state index is 0. The summed E-state index contributed by atoms with van der Waals surface area (Å²) in [7, 11) is 0. The molecule has 0 unspecified atom stereocenters. The van der Waals surface area contributed by atoms with Gasteiger partial charge in [-0.1, -0.05) is 62.1 Å². The Labute approximate surface area is 260 Å². The Morgan fingerprint density at radius 1 is 0.810 bits per heavy atom. The second-order valence-electron chi connectivity index (χ2n) is 10.8. The molecule has 0 aliphatic carbocycles. The molecule has 1 radical (unpaired) electrons. The van der Waals surface area contributed by atoms with Gasteiger partial charge in [0.2, 0.25) is 5.71 Å². The summed E-state index contributed by atoms with van der Waals surface area (Å²) >= 11 is 0. The van der Waals surface area contributed by atoms with E-state index in [1.54, 1.807) is 6.20 Å². The van der Waals surface area contributed by atoms with Crippen molar-refractivity contribution in [2.45, 2.75) is 34.1 Å². The van der Waals surface area contributed by atoms with Crippen molar-refractivity contribution >= 4 is 32.8 Å². The third kappa shape index (κ3) is 6.18. The largest absolute Gasteiger partial charge is 0.486 e. The second kappa shape index (κ2) is 12.8. The first kappa shape index (κ1) is 29.3. The summed E-state index contributed by atoms with van der Waals surface area (Å²) in [5.41, 5.74) is 8.64. The zero-order valence-corrected chi connectivity index (χ0v) is 26.5. The van der Waals surface area contributed by atoms with E-state index in [0.29, 0.717) is 11.6 Å². The Morgan fingerprint density at radius 3 is 2.40 bits per heavy atom. The third-order valence-electron chi connectivity index (χ3n) is 7.00. The molecule has 3 aromatic carbocycles. The maximum atomic E-state index is 6.22. The van der Waals surface area contributed by atoms with Gasteiger partial charge in [0.1, 0.15) is 0 Å². The first-order valence-corrected chi connectivity index (χ1v) is 13.9. The fourth-order valence-electron chi connectivity index (χ4n) is 5.19. The van der Waals surface area contributed by atoms with E-state index in [9.17, 15) is 0 Å². The minimum Gasteiger partial charge on any atom is -0.486 e. The average molecular weight is 726 g/mol. The van der Waals surface area contributed by atoms with Crippen molar-refractivity contribution in [2.24, 2.45) is 5.92 Å². The van der Waals surface area contributed by atoms with Crippen LogP contribution in [0.4, 0.5) is 0 Å². The van der Waals surface area contributed by atoms with Gasteiger partial charge in [0.25, 0.3) is 0 Å². The zero-order valence-electron chi connectivity index (χ0n) is 24.1. The molecule has 0 saturated carbocycles. The van der Waals surface area contributed by atoms with Gasteiger partial charge in [-0.3, -0.25) is 0 Å². The second-order valence-corrected chi connectivity index (χ2v) is 10.8. The maximum Gasteiger partial charge on any atom is 0.216 e. The van der Waals surface area contributed by atoms with Crippen LogP contribution in [-0.2, 0) is 26.5 Å². The third-order valence-corrected chi connectivity index (χ3v) is 7.00. The van der Waals surface area contributed by atoms with Gasteiger partial charge in [-0.2, -0.15) is 0 Å². The van der Waals surface area contributed by atoms with Gasteiger partial charge in [-0.15, -0.1) is 53.6 Å². The Kier molecular flexibility index (Phi) is 8.91. The van der Waals surface area contributed by atoms with Gasteiger partial charge in [-0.25, -0.2) is 4.98 Å². The van der Waals surface area contributed by atoms with Gasteiger partial charge in [0.15, 0.2) is 0 Å². The summed E-state index contributed by atoms with van der Waals surface area (Å²) in [5.74, 6) is 0.630. The van der Waals surface area contributed by atoms with Gasteiger partial charge >= 0.3 is 0 Å². The van der Waals surface area contributed by atoms with Crippen molar-refractivity contribution in [3.05, 3.63) is 126 Å². The number of benzene rings is 3. The molecule has 0 N–H and O–H groups in total. The van der Waals surface area contributed by atoms with E-state index in [2.05, 4.69) is 79.3 Å². The van der Waals surface area contributed by atoms with Crippen LogP contribution in [0.15, 0.2) is 102 Å². The summed E-state index contributed by atoms with van der Waals surface area (Å²) in [6, 6.07) is 35.3. The number of nitrogens with zero attached hydrogens (tertiary/aromatic N) is 3.